The number of amides is 2. The molecule has 1 unspecified atom stereocenters. The van der Waals surface area contributed by atoms with Crippen LogP contribution in [0.5, 0.6) is 5.75 Å². The first-order valence-electron chi connectivity index (χ1n) is 9.45. The van der Waals surface area contributed by atoms with Gasteiger partial charge in [-0.1, -0.05) is 37.3 Å². The first-order chi connectivity index (χ1) is 13.6. The maximum absolute atomic E-state index is 12.3. The molecule has 2 aliphatic heterocycles. The fraction of sp³-hybridized carbons (Fsp3) is 0.217. The van der Waals surface area contributed by atoms with Gasteiger partial charge in [0.1, 0.15) is 0 Å². The Labute approximate surface area is 164 Å². The number of hydrogen-bond acceptors (Lipinski definition) is 3. The molecule has 2 aliphatic rings. The van der Waals surface area contributed by atoms with Crippen molar-refractivity contribution in [1.82, 2.24) is 4.90 Å². The summed E-state index contributed by atoms with van der Waals surface area (Å²) in [6.07, 6.45) is 6.19. The van der Waals surface area contributed by atoms with Crippen LogP contribution in [0.2, 0.25) is 0 Å². The van der Waals surface area contributed by atoms with Gasteiger partial charge < -0.3 is 15.0 Å². The Morgan fingerprint density at radius 1 is 1.18 bits per heavy atom. The molecule has 2 aromatic carbocycles. The highest BCUT2D eigenvalue weighted by Gasteiger charge is 2.22. The molecule has 1 N–H and O–H groups in total. The lowest BCUT2D eigenvalue weighted by molar-refractivity contribution is -0.125. The molecule has 1 saturated heterocycles. The SMILES string of the molecule is CC1CCN(C(=O)/C=C\c2cccc(/C=C3/Oc4ccccc4NC3=O)c2)C1. The van der Waals surface area contributed by atoms with Gasteiger partial charge in [-0.05, 0) is 53.8 Å². The summed E-state index contributed by atoms with van der Waals surface area (Å²) in [7, 11) is 0. The Bertz CT molecular complexity index is 977. The molecule has 0 bridgehead atoms. The summed E-state index contributed by atoms with van der Waals surface area (Å²) in [4.78, 5) is 26.4. The molecule has 2 heterocycles. The molecule has 2 amide bonds. The van der Waals surface area contributed by atoms with E-state index in [2.05, 4.69) is 12.2 Å². The number of para-hydroxylation sites is 2. The van der Waals surface area contributed by atoms with Crippen molar-refractivity contribution in [3.05, 3.63) is 71.5 Å². The van der Waals surface area contributed by atoms with Gasteiger partial charge in [-0.2, -0.15) is 0 Å². The highest BCUT2D eigenvalue weighted by Crippen LogP contribution is 2.30. The van der Waals surface area contributed by atoms with Gasteiger partial charge in [0.15, 0.2) is 11.5 Å². The van der Waals surface area contributed by atoms with Crippen LogP contribution < -0.4 is 10.1 Å². The molecule has 142 valence electrons. The highest BCUT2D eigenvalue weighted by atomic mass is 16.5. The minimum Gasteiger partial charge on any atom is -0.449 e. The molecule has 28 heavy (non-hydrogen) atoms. The number of benzene rings is 2. The van der Waals surface area contributed by atoms with E-state index in [4.69, 9.17) is 4.74 Å². The second-order valence-corrected chi connectivity index (χ2v) is 7.24. The van der Waals surface area contributed by atoms with Crippen LogP contribution in [-0.2, 0) is 9.59 Å². The second kappa shape index (κ2) is 7.72. The zero-order valence-electron chi connectivity index (χ0n) is 15.7. The largest absolute Gasteiger partial charge is 0.449 e. The monoisotopic (exact) mass is 374 g/mol. The highest BCUT2D eigenvalue weighted by molar-refractivity contribution is 6.08. The number of nitrogens with one attached hydrogen (secondary N) is 1. The molecule has 1 fully saturated rings. The average molecular weight is 374 g/mol. The van der Waals surface area contributed by atoms with Gasteiger partial charge in [0.05, 0.1) is 5.69 Å². The molecule has 5 nitrogen and oxygen atoms in total. The Morgan fingerprint density at radius 2 is 2.00 bits per heavy atom. The van der Waals surface area contributed by atoms with Crippen molar-refractivity contribution in [3.8, 4) is 5.75 Å². The zero-order valence-corrected chi connectivity index (χ0v) is 15.7. The minimum atomic E-state index is -0.280. The number of nitrogens with zero attached hydrogens (tertiary/aromatic N) is 1. The number of fused-ring (bicyclic) bond motifs is 1. The molecular weight excluding hydrogens is 352 g/mol. The van der Waals surface area contributed by atoms with E-state index in [0.29, 0.717) is 17.4 Å². The maximum atomic E-state index is 12.3. The van der Waals surface area contributed by atoms with Crippen LogP contribution in [0.4, 0.5) is 5.69 Å². The summed E-state index contributed by atoms with van der Waals surface area (Å²) in [5, 5.41) is 2.82. The van der Waals surface area contributed by atoms with Crippen LogP contribution >= 0.6 is 0 Å². The van der Waals surface area contributed by atoms with Crippen molar-refractivity contribution in [2.75, 3.05) is 18.4 Å². The lowest BCUT2D eigenvalue weighted by atomic mass is 10.1. The number of rotatable bonds is 3. The molecule has 0 saturated carbocycles. The maximum Gasteiger partial charge on any atom is 0.291 e. The van der Waals surface area contributed by atoms with Crippen LogP contribution in [0.1, 0.15) is 24.5 Å². The lowest BCUT2D eigenvalue weighted by Crippen LogP contribution is -2.26. The summed E-state index contributed by atoms with van der Waals surface area (Å²) in [5.41, 5.74) is 2.39. The van der Waals surface area contributed by atoms with Crippen LogP contribution in [0.3, 0.4) is 0 Å². The van der Waals surface area contributed by atoms with E-state index in [9.17, 15) is 9.59 Å². The first-order valence-corrected chi connectivity index (χ1v) is 9.45. The molecule has 2 aromatic rings. The topological polar surface area (TPSA) is 58.6 Å². The van der Waals surface area contributed by atoms with Gasteiger partial charge in [-0.15, -0.1) is 0 Å². The summed E-state index contributed by atoms with van der Waals surface area (Å²) in [6, 6.07) is 14.9. The van der Waals surface area contributed by atoms with E-state index < -0.39 is 0 Å². The second-order valence-electron chi connectivity index (χ2n) is 7.24. The van der Waals surface area contributed by atoms with Crippen LogP contribution in [-0.4, -0.2) is 29.8 Å². The zero-order chi connectivity index (χ0) is 19.5. The van der Waals surface area contributed by atoms with E-state index in [-0.39, 0.29) is 17.6 Å². The smallest absolute Gasteiger partial charge is 0.291 e. The van der Waals surface area contributed by atoms with Crippen molar-refractivity contribution in [2.24, 2.45) is 5.92 Å². The van der Waals surface area contributed by atoms with Gasteiger partial charge in [0, 0.05) is 19.2 Å². The predicted molar refractivity (Wildman–Crippen MR) is 110 cm³/mol. The number of hydrogen-bond donors (Lipinski definition) is 1. The lowest BCUT2D eigenvalue weighted by Gasteiger charge is -2.19. The molecule has 0 radical (unpaired) electrons. The van der Waals surface area contributed by atoms with E-state index in [1.54, 1.807) is 18.2 Å². The third-order valence-electron chi connectivity index (χ3n) is 4.94. The number of anilines is 1. The molecule has 4 rings (SSSR count). The Morgan fingerprint density at radius 3 is 2.82 bits per heavy atom. The van der Waals surface area contributed by atoms with Gasteiger partial charge in [-0.3, -0.25) is 9.59 Å². The fourth-order valence-electron chi connectivity index (χ4n) is 3.41. The summed E-state index contributed by atoms with van der Waals surface area (Å²) in [6.45, 7) is 3.81. The Balaban J connectivity index is 1.50. The first kappa shape index (κ1) is 18.0. The summed E-state index contributed by atoms with van der Waals surface area (Å²) < 4.78 is 5.73. The van der Waals surface area contributed by atoms with E-state index >= 15 is 0 Å². The Hall–Kier alpha value is -3.34. The van der Waals surface area contributed by atoms with E-state index in [1.165, 1.54) is 0 Å². The van der Waals surface area contributed by atoms with Crippen molar-refractivity contribution < 1.29 is 14.3 Å². The molecule has 5 heteroatoms. The fourth-order valence-corrected chi connectivity index (χ4v) is 3.41. The van der Waals surface area contributed by atoms with Crippen LogP contribution in [0.25, 0.3) is 12.2 Å². The van der Waals surface area contributed by atoms with Crippen LogP contribution in [0.15, 0.2) is 60.4 Å². The molecular formula is C23H22N2O3. The quantitative estimate of drug-likeness (QED) is 0.828. The number of carbonyl (C=O) groups excluding carboxylic acids is 2. The Kier molecular flexibility index (Phi) is 4.98. The van der Waals surface area contributed by atoms with Crippen molar-refractivity contribution in [3.63, 3.8) is 0 Å². The number of carbonyl (C=O) groups is 2. The van der Waals surface area contributed by atoms with Crippen LogP contribution in [0, 0.1) is 5.92 Å². The normalized spacial score (nSPS) is 20.2. The summed E-state index contributed by atoms with van der Waals surface area (Å²) >= 11 is 0. The third-order valence-corrected chi connectivity index (χ3v) is 4.94. The van der Waals surface area contributed by atoms with Crippen molar-refractivity contribution in [1.29, 1.82) is 0 Å². The van der Waals surface area contributed by atoms with E-state index in [0.717, 1.165) is 30.6 Å². The predicted octanol–water partition coefficient (Wildman–Crippen LogP) is 3.94. The molecule has 1 atom stereocenters. The minimum absolute atomic E-state index is 0.0414. The van der Waals surface area contributed by atoms with Gasteiger partial charge in [-0.25, -0.2) is 0 Å². The number of ether oxygens (including phenoxy) is 1. The van der Waals surface area contributed by atoms with Crippen molar-refractivity contribution in [2.45, 2.75) is 13.3 Å². The molecule has 0 aromatic heterocycles. The number of likely N-dealkylation sites (tertiary alicyclic amines) is 1. The molecule has 0 spiro atoms. The van der Waals surface area contributed by atoms with Crippen molar-refractivity contribution >= 4 is 29.7 Å². The van der Waals surface area contributed by atoms with E-state index in [1.807, 2.05) is 53.4 Å². The van der Waals surface area contributed by atoms with Gasteiger partial charge in [0.2, 0.25) is 5.91 Å². The summed E-state index contributed by atoms with van der Waals surface area (Å²) in [5.74, 6) is 1.19. The van der Waals surface area contributed by atoms with Gasteiger partial charge in [0.25, 0.3) is 5.91 Å². The third kappa shape index (κ3) is 3.98. The van der Waals surface area contributed by atoms with Gasteiger partial charge >= 0.3 is 0 Å². The standard InChI is InChI=1S/C23H22N2O3/c1-16-11-12-25(15-16)22(26)10-9-17-5-4-6-18(13-17)14-21-23(27)24-19-7-2-3-8-20(19)28-21/h2-10,13-14,16H,11-12,15H2,1H3,(H,24,27)/b10-9-,21-14+. The molecule has 0 aliphatic carbocycles. The average Bonchev–Trinajstić information content (AvgIpc) is 3.13.